The number of benzene rings is 1. The molecule has 1 aromatic carbocycles. The van der Waals surface area contributed by atoms with Gasteiger partial charge >= 0.3 is 0 Å². The fraction of sp³-hybridized carbons (Fsp3) is 0.455. The standard InChI is InChI=1S/C11H17NO3/c1-13-5-6-15-8-9-3-4-11(14-2)10(12)7-9/h3-4,7H,5-6,8,12H2,1-2H3. The lowest BCUT2D eigenvalue weighted by atomic mass is 10.2. The highest BCUT2D eigenvalue weighted by Crippen LogP contribution is 2.22. The van der Waals surface area contributed by atoms with Crippen LogP contribution in [-0.4, -0.2) is 27.4 Å². The Bertz CT molecular complexity index is 302. The third-order valence-corrected chi connectivity index (χ3v) is 1.99. The van der Waals surface area contributed by atoms with Gasteiger partial charge in [-0.15, -0.1) is 0 Å². The molecule has 0 fully saturated rings. The fourth-order valence-corrected chi connectivity index (χ4v) is 1.21. The van der Waals surface area contributed by atoms with Crippen LogP contribution in [0.4, 0.5) is 5.69 Å². The molecule has 4 heteroatoms. The molecular formula is C11H17NO3. The second kappa shape index (κ2) is 6.27. The van der Waals surface area contributed by atoms with Crippen molar-refractivity contribution in [3.05, 3.63) is 23.8 Å². The van der Waals surface area contributed by atoms with Crippen molar-refractivity contribution in [2.75, 3.05) is 33.2 Å². The molecule has 0 spiro atoms. The third kappa shape index (κ3) is 3.77. The van der Waals surface area contributed by atoms with Crippen LogP contribution in [-0.2, 0) is 16.1 Å². The van der Waals surface area contributed by atoms with E-state index in [0.717, 1.165) is 5.56 Å². The maximum Gasteiger partial charge on any atom is 0.141 e. The SMILES string of the molecule is COCCOCc1ccc(OC)c(N)c1. The minimum atomic E-state index is 0.539. The van der Waals surface area contributed by atoms with Crippen molar-refractivity contribution in [1.82, 2.24) is 0 Å². The minimum Gasteiger partial charge on any atom is -0.495 e. The van der Waals surface area contributed by atoms with E-state index in [-0.39, 0.29) is 0 Å². The van der Waals surface area contributed by atoms with Gasteiger partial charge in [0, 0.05) is 7.11 Å². The molecule has 0 unspecified atom stereocenters. The smallest absolute Gasteiger partial charge is 0.141 e. The van der Waals surface area contributed by atoms with Crippen molar-refractivity contribution in [3.63, 3.8) is 0 Å². The zero-order chi connectivity index (χ0) is 11.1. The van der Waals surface area contributed by atoms with Crippen molar-refractivity contribution in [2.24, 2.45) is 0 Å². The molecule has 0 bridgehead atoms. The van der Waals surface area contributed by atoms with Gasteiger partial charge < -0.3 is 19.9 Å². The number of rotatable bonds is 6. The molecule has 1 rings (SSSR count). The molecule has 0 amide bonds. The Morgan fingerprint density at radius 2 is 2.00 bits per heavy atom. The summed E-state index contributed by atoms with van der Waals surface area (Å²) >= 11 is 0. The van der Waals surface area contributed by atoms with Crippen molar-refractivity contribution in [3.8, 4) is 5.75 Å². The van der Waals surface area contributed by atoms with Gasteiger partial charge in [0.15, 0.2) is 0 Å². The van der Waals surface area contributed by atoms with E-state index in [1.54, 1.807) is 14.2 Å². The van der Waals surface area contributed by atoms with E-state index in [1.807, 2.05) is 18.2 Å². The second-order valence-electron chi connectivity index (χ2n) is 3.12. The van der Waals surface area contributed by atoms with E-state index >= 15 is 0 Å². The van der Waals surface area contributed by atoms with Gasteiger partial charge in [0.2, 0.25) is 0 Å². The van der Waals surface area contributed by atoms with E-state index in [0.29, 0.717) is 31.3 Å². The molecule has 1 aromatic rings. The number of ether oxygens (including phenoxy) is 3. The molecule has 4 nitrogen and oxygen atoms in total. The van der Waals surface area contributed by atoms with Gasteiger partial charge in [0.05, 0.1) is 32.6 Å². The highest BCUT2D eigenvalue weighted by Gasteiger charge is 2.00. The summed E-state index contributed by atoms with van der Waals surface area (Å²) in [6.07, 6.45) is 0. The highest BCUT2D eigenvalue weighted by molar-refractivity contribution is 5.54. The van der Waals surface area contributed by atoms with Crippen molar-refractivity contribution in [2.45, 2.75) is 6.61 Å². The lowest BCUT2D eigenvalue weighted by Crippen LogP contribution is -2.02. The van der Waals surface area contributed by atoms with E-state index in [1.165, 1.54) is 0 Å². The van der Waals surface area contributed by atoms with Crippen LogP contribution in [0.3, 0.4) is 0 Å². The molecule has 0 saturated heterocycles. The number of methoxy groups -OCH3 is 2. The Kier molecular flexibility index (Phi) is 4.93. The van der Waals surface area contributed by atoms with E-state index < -0.39 is 0 Å². The van der Waals surface area contributed by atoms with Crippen LogP contribution in [0.1, 0.15) is 5.56 Å². The van der Waals surface area contributed by atoms with Crippen LogP contribution in [0.25, 0.3) is 0 Å². The van der Waals surface area contributed by atoms with Gasteiger partial charge in [-0.25, -0.2) is 0 Å². The van der Waals surface area contributed by atoms with Crippen LogP contribution in [0.15, 0.2) is 18.2 Å². The molecule has 84 valence electrons. The maximum atomic E-state index is 5.76. The first kappa shape index (κ1) is 11.8. The summed E-state index contributed by atoms with van der Waals surface area (Å²) in [7, 11) is 3.25. The molecule has 0 aliphatic heterocycles. The molecule has 0 heterocycles. The quantitative estimate of drug-likeness (QED) is 0.571. The van der Waals surface area contributed by atoms with Gasteiger partial charge in [0.1, 0.15) is 5.75 Å². The average Bonchev–Trinajstić information content (AvgIpc) is 2.25. The molecule has 15 heavy (non-hydrogen) atoms. The second-order valence-corrected chi connectivity index (χ2v) is 3.12. The summed E-state index contributed by atoms with van der Waals surface area (Å²) in [6, 6.07) is 5.62. The predicted molar refractivity (Wildman–Crippen MR) is 58.9 cm³/mol. The van der Waals surface area contributed by atoms with Gasteiger partial charge in [-0.2, -0.15) is 0 Å². The summed E-state index contributed by atoms with van der Waals surface area (Å²) in [6.45, 7) is 1.73. The highest BCUT2D eigenvalue weighted by atomic mass is 16.5. The molecule has 0 saturated carbocycles. The topological polar surface area (TPSA) is 53.7 Å². The van der Waals surface area contributed by atoms with Crippen LogP contribution >= 0.6 is 0 Å². The van der Waals surface area contributed by atoms with E-state index in [2.05, 4.69) is 0 Å². The first-order chi connectivity index (χ1) is 7.27. The Morgan fingerprint density at radius 1 is 1.20 bits per heavy atom. The molecule has 0 aliphatic rings. The summed E-state index contributed by atoms with van der Waals surface area (Å²) in [5.74, 6) is 0.690. The Balaban J connectivity index is 2.45. The number of hydrogen-bond acceptors (Lipinski definition) is 4. The van der Waals surface area contributed by atoms with Crippen LogP contribution in [0.5, 0.6) is 5.75 Å². The number of anilines is 1. The van der Waals surface area contributed by atoms with Gasteiger partial charge in [-0.1, -0.05) is 6.07 Å². The molecule has 2 N–H and O–H groups in total. The van der Waals surface area contributed by atoms with Crippen LogP contribution in [0.2, 0.25) is 0 Å². The third-order valence-electron chi connectivity index (χ3n) is 1.99. The van der Waals surface area contributed by atoms with Crippen molar-refractivity contribution < 1.29 is 14.2 Å². The molecule has 0 atom stereocenters. The molecule has 0 aromatic heterocycles. The zero-order valence-electron chi connectivity index (χ0n) is 9.16. The lowest BCUT2D eigenvalue weighted by molar-refractivity contribution is 0.0617. The van der Waals surface area contributed by atoms with E-state index in [4.69, 9.17) is 19.9 Å². The first-order valence-corrected chi connectivity index (χ1v) is 4.77. The van der Waals surface area contributed by atoms with Gasteiger partial charge in [-0.05, 0) is 17.7 Å². The lowest BCUT2D eigenvalue weighted by Gasteiger charge is -2.07. The van der Waals surface area contributed by atoms with Gasteiger partial charge in [0.25, 0.3) is 0 Å². The minimum absolute atomic E-state index is 0.539. The van der Waals surface area contributed by atoms with Crippen molar-refractivity contribution >= 4 is 5.69 Å². The average molecular weight is 211 g/mol. The van der Waals surface area contributed by atoms with E-state index in [9.17, 15) is 0 Å². The number of hydrogen-bond donors (Lipinski definition) is 1. The fourth-order valence-electron chi connectivity index (χ4n) is 1.21. The van der Waals surface area contributed by atoms with Crippen molar-refractivity contribution in [1.29, 1.82) is 0 Å². The summed E-state index contributed by atoms with van der Waals surface area (Å²) in [4.78, 5) is 0. The monoisotopic (exact) mass is 211 g/mol. The molecule has 0 radical (unpaired) electrons. The van der Waals surface area contributed by atoms with Crippen LogP contribution < -0.4 is 10.5 Å². The zero-order valence-corrected chi connectivity index (χ0v) is 9.16. The number of nitrogens with two attached hydrogens (primary N) is 1. The summed E-state index contributed by atoms with van der Waals surface area (Å²) < 4.78 is 15.3. The first-order valence-electron chi connectivity index (χ1n) is 4.77. The Hall–Kier alpha value is -1.26. The summed E-state index contributed by atoms with van der Waals surface area (Å²) in [5.41, 5.74) is 7.42. The largest absolute Gasteiger partial charge is 0.495 e. The predicted octanol–water partition coefficient (Wildman–Crippen LogP) is 1.44. The normalized spacial score (nSPS) is 10.3. The Morgan fingerprint density at radius 3 is 2.60 bits per heavy atom. The van der Waals surface area contributed by atoms with Crippen LogP contribution in [0, 0.1) is 0 Å². The number of nitrogen functional groups attached to an aromatic ring is 1. The molecule has 0 aliphatic carbocycles. The van der Waals surface area contributed by atoms with Gasteiger partial charge in [-0.3, -0.25) is 0 Å². The Labute approximate surface area is 89.9 Å². The maximum absolute atomic E-state index is 5.76. The summed E-state index contributed by atoms with van der Waals surface area (Å²) in [5, 5.41) is 0. The molecular weight excluding hydrogens is 194 g/mol.